The first-order chi connectivity index (χ1) is 6.01. The minimum Gasteiger partial charge on any atom is -0.544 e. The normalized spacial score (nSPS) is 11.4. The van der Waals surface area contributed by atoms with Gasteiger partial charge in [0, 0.05) is 0 Å². The summed E-state index contributed by atoms with van der Waals surface area (Å²) in [5.74, 6) is 1.03. The van der Waals surface area contributed by atoms with Crippen LogP contribution in [0.1, 0.15) is 12.5 Å². The van der Waals surface area contributed by atoms with Crippen molar-refractivity contribution >= 4 is 8.32 Å². The molecule has 0 saturated carbocycles. The molecule has 0 atom stereocenters. The van der Waals surface area contributed by atoms with E-state index in [1.807, 2.05) is 6.07 Å². The molecule has 1 nitrogen and oxygen atoms in total. The molecule has 0 bridgehead atoms. The van der Waals surface area contributed by atoms with Crippen molar-refractivity contribution in [2.75, 3.05) is 0 Å². The van der Waals surface area contributed by atoms with E-state index in [0.29, 0.717) is 0 Å². The van der Waals surface area contributed by atoms with Gasteiger partial charge in [-0.05, 0) is 43.8 Å². The first-order valence-electron chi connectivity index (χ1n) is 4.79. The largest absolute Gasteiger partial charge is 0.544 e. The molecule has 2 heteroatoms. The highest BCUT2D eigenvalue weighted by Gasteiger charge is 2.15. The van der Waals surface area contributed by atoms with Crippen LogP contribution in [0.15, 0.2) is 24.3 Å². The molecule has 0 N–H and O–H groups in total. The van der Waals surface area contributed by atoms with Crippen molar-refractivity contribution in [2.24, 2.45) is 0 Å². The molecule has 1 aromatic rings. The minimum atomic E-state index is -1.43. The second-order valence-electron chi connectivity index (χ2n) is 4.22. The van der Waals surface area contributed by atoms with E-state index in [9.17, 15) is 0 Å². The fraction of sp³-hybridized carbons (Fsp3) is 0.455. The standard InChI is InChI=1S/C11H18OSi/c1-5-10-7-6-8-11(9-10)12-13(2,3)4/h6-9H,5H2,1-4H3. The average Bonchev–Trinajstić information content (AvgIpc) is 2.01. The lowest BCUT2D eigenvalue weighted by Gasteiger charge is -2.19. The van der Waals surface area contributed by atoms with E-state index in [2.05, 4.69) is 44.8 Å². The third kappa shape index (κ3) is 3.64. The number of hydrogen-bond acceptors (Lipinski definition) is 1. The Morgan fingerprint density at radius 1 is 1.23 bits per heavy atom. The monoisotopic (exact) mass is 194 g/mol. The van der Waals surface area contributed by atoms with Crippen LogP contribution < -0.4 is 4.43 Å². The molecular formula is C11H18OSi. The molecule has 0 aliphatic heterocycles. The lowest BCUT2D eigenvalue weighted by atomic mass is 10.2. The van der Waals surface area contributed by atoms with Crippen LogP contribution in [0, 0.1) is 0 Å². The van der Waals surface area contributed by atoms with Gasteiger partial charge >= 0.3 is 0 Å². The van der Waals surface area contributed by atoms with Crippen LogP contribution in [-0.2, 0) is 6.42 Å². The van der Waals surface area contributed by atoms with Crippen LogP contribution in [-0.4, -0.2) is 8.32 Å². The Bertz CT molecular complexity index is 276. The number of rotatable bonds is 3. The highest BCUT2D eigenvalue weighted by Crippen LogP contribution is 2.17. The molecule has 0 unspecified atom stereocenters. The zero-order valence-electron chi connectivity index (χ0n) is 8.92. The van der Waals surface area contributed by atoms with E-state index in [4.69, 9.17) is 4.43 Å². The Kier molecular flexibility index (Phi) is 3.15. The van der Waals surface area contributed by atoms with Gasteiger partial charge in [-0.3, -0.25) is 0 Å². The third-order valence-electron chi connectivity index (χ3n) is 1.73. The first-order valence-corrected chi connectivity index (χ1v) is 8.20. The van der Waals surface area contributed by atoms with E-state index >= 15 is 0 Å². The second kappa shape index (κ2) is 3.96. The Morgan fingerprint density at radius 3 is 2.46 bits per heavy atom. The fourth-order valence-corrected chi connectivity index (χ4v) is 2.02. The maximum absolute atomic E-state index is 5.88. The molecule has 0 radical (unpaired) electrons. The molecule has 0 aliphatic rings. The van der Waals surface area contributed by atoms with Crippen LogP contribution in [0.25, 0.3) is 0 Å². The van der Waals surface area contributed by atoms with Crippen molar-refractivity contribution in [3.8, 4) is 5.75 Å². The molecule has 0 fully saturated rings. The van der Waals surface area contributed by atoms with Gasteiger partial charge in [0.05, 0.1) is 0 Å². The van der Waals surface area contributed by atoms with Crippen molar-refractivity contribution in [1.82, 2.24) is 0 Å². The first kappa shape index (κ1) is 10.3. The van der Waals surface area contributed by atoms with Gasteiger partial charge in [-0.2, -0.15) is 0 Å². The maximum atomic E-state index is 5.88. The Morgan fingerprint density at radius 2 is 1.92 bits per heavy atom. The Labute approximate surface area is 81.9 Å². The summed E-state index contributed by atoms with van der Waals surface area (Å²) in [6.45, 7) is 8.76. The lowest BCUT2D eigenvalue weighted by molar-refractivity contribution is 0.557. The number of hydrogen-bond donors (Lipinski definition) is 0. The van der Waals surface area contributed by atoms with Gasteiger partial charge in [0.2, 0.25) is 8.32 Å². The van der Waals surface area contributed by atoms with E-state index in [1.54, 1.807) is 0 Å². The predicted molar refractivity (Wildman–Crippen MR) is 59.8 cm³/mol. The fourth-order valence-electron chi connectivity index (χ4n) is 1.18. The Balaban J connectivity index is 2.78. The summed E-state index contributed by atoms with van der Waals surface area (Å²) in [6.07, 6.45) is 1.07. The molecule has 0 spiro atoms. The molecule has 0 amide bonds. The van der Waals surface area contributed by atoms with E-state index < -0.39 is 8.32 Å². The van der Waals surface area contributed by atoms with Crippen molar-refractivity contribution in [2.45, 2.75) is 33.0 Å². The SMILES string of the molecule is CCc1cccc(O[Si](C)(C)C)c1. The predicted octanol–water partition coefficient (Wildman–Crippen LogP) is 3.46. The van der Waals surface area contributed by atoms with Crippen LogP contribution >= 0.6 is 0 Å². The Hall–Kier alpha value is -0.763. The summed E-state index contributed by atoms with van der Waals surface area (Å²) in [5.41, 5.74) is 1.34. The molecular weight excluding hydrogens is 176 g/mol. The number of benzene rings is 1. The molecule has 72 valence electrons. The van der Waals surface area contributed by atoms with Crippen molar-refractivity contribution in [1.29, 1.82) is 0 Å². The zero-order valence-corrected chi connectivity index (χ0v) is 9.92. The summed E-state index contributed by atoms with van der Waals surface area (Å²) < 4.78 is 5.88. The van der Waals surface area contributed by atoms with Gasteiger partial charge in [-0.25, -0.2) is 0 Å². The molecule has 0 aromatic heterocycles. The van der Waals surface area contributed by atoms with Crippen LogP contribution in [0.3, 0.4) is 0 Å². The molecule has 0 heterocycles. The molecule has 1 aromatic carbocycles. The van der Waals surface area contributed by atoms with Gasteiger partial charge in [0.1, 0.15) is 5.75 Å². The molecule has 0 aliphatic carbocycles. The summed E-state index contributed by atoms with van der Waals surface area (Å²) in [6, 6.07) is 8.38. The smallest absolute Gasteiger partial charge is 0.242 e. The topological polar surface area (TPSA) is 9.23 Å². The van der Waals surface area contributed by atoms with E-state index in [1.165, 1.54) is 5.56 Å². The van der Waals surface area contributed by atoms with Crippen LogP contribution in [0.4, 0.5) is 0 Å². The molecule has 1 rings (SSSR count). The quantitative estimate of drug-likeness (QED) is 0.670. The van der Waals surface area contributed by atoms with Crippen molar-refractivity contribution in [3.63, 3.8) is 0 Å². The van der Waals surface area contributed by atoms with Crippen LogP contribution in [0.5, 0.6) is 5.75 Å². The van der Waals surface area contributed by atoms with Crippen molar-refractivity contribution in [3.05, 3.63) is 29.8 Å². The lowest BCUT2D eigenvalue weighted by Crippen LogP contribution is -2.29. The van der Waals surface area contributed by atoms with E-state index in [0.717, 1.165) is 12.2 Å². The molecule has 0 saturated heterocycles. The second-order valence-corrected chi connectivity index (χ2v) is 8.64. The zero-order chi connectivity index (χ0) is 9.90. The van der Waals surface area contributed by atoms with Gasteiger partial charge in [0.25, 0.3) is 0 Å². The van der Waals surface area contributed by atoms with Gasteiger partial charge in [-0.15, -0.1) is 0 Å². The molecule has 13 heavy (non-hydrogen) atoms. The van der Waals surface area contributed by atoms with Gasteiger partial charge < -0.3 is 4.43 Å². The highest BCUT2D eigenvalue weighted by atomic mass is 28.4. The highest BCUT2D eigenvalue weighted by molar-refractivity contribution is 6.70. The summed E-state index contributed by atoms with van der Waals surface area (Å²) in [5, 5.41) is 0. The van der Waals surface area contributed by atoms with Gasteiger partial charge in [-0.1, -0.05) is 19.1 Å². The minimum absolute atomic E-state index is 1.03. The third-order valence-corrected chi connectivity index (χ3v) is 2.58. The average molecular weight is 194 g/mol. The van der Waals surface area contributed by atoms with Crippen LogP contribution in [0.2, 0.25) is 19.6 Å². The summed E-state index contributed by atoms with van der Waals surface area (Å²) >= 11 is 0. The summed E-state index contributed by atoms with van der Waals surface area (Å²) in [4.78, 5) is 0. The van der Waals surface area contributed by atoms with Gasteiger partial charge in [0.15, 0.2) is 0 Å². The number of aryl methyl sites for hydroxylation is 1. The van der Waals surface area contributed by atoms with Crippen molar-refractivity contribution < 1.29 is 4.43 Å². The van der Waals surface area contributed by atoms with E-state index in [-0.39, 0.29) is 0 Å². The summed E-state index contributed by atoms with van der Waals surface area (Å²) in [7, 11) is -1.43. The maximum Gasteiger partial charge on any atom is 0.242 e.